The number of hydrogen-bond donors (Lipinski definition) is 1. The van der Waals surface area contributed by atoms with Crippen LogP contribution in [0.15, 0.2) is 24.3 Å². The molecular weight excluding hydrogens is 156 g/mol. The lowest BCUT2D eigenvalue weighted by Gasteiger charge is -2.02. The molecule has 0 atom stereocenters. The summed E-state index contributed by atoms with van der Waals surface area (Å²) in [6, 6.07) is 6.95. The zero-order chi connectivity index (χ0) is 8.97. The monoisotopic (exact) mass is 165 g/mol. The fourth-order valence-electron chi connectivity index (χ4n) is 0.780. The van der Waals surface area contributed by atoms with Crippen molar-refractivity contribution in [2.75, 3.05) is 6.61 Å². The van der Waals surface area contributed by atoms with E-state index in [0.29, 0.717) is 5.75 Å². The van der Waals surface area contributed by atoms with Gasteiger partial charge in [-0.3, -0.25) is 0 Å². The van der Waals surface area contributed by atoms with Gasteiger partial charge in [0.2, 0.25) is 0 Å². The lowest BCUT2D eigenvalue weighted by atomic mass is 10.2. The highest BCUT2D eigenvalue weighted by molar-refractivity contribution is 5.68. The maximum Gasteiger partial charge on any atom is 0.341 e. The van der Waals surface area contributed by atoms with Gasteiger partial charge in [-0.05, 0) is 24.6 Å². The molecule has 0 saturated carbocycles. The zero-order valence-corrected chi connectivity index (χ0v) is 6.49. The van der Waals surface area contributed by atoms with Crippen LogP contribution < -0.4 is 4.74 Å². The molecule has 1 rings (SSSR count). The van der Waals surface area contributed by atoms with Crippen LogP contribution in [0.5, 0.6) is 5.75 Å². The Labute approximate surface area is 70.6 Å². The summed E-state index contributed by atoms with van der Waals surface area (Å²) >= 11 is 0. The van der Waals surface area contributed by atoms with Crippen LogP contribution in [0.4, 0.5) is 0 Å². The highest BCUT2D eigenvalue weighted by Crippen LogP contribution is 2.11. The molecule has 1 radical (unpaired) electrons. The number of aliphatic carboxylic acids is 1. The Hall–Kier alpha value is -1.51. The standard InChI is InChI=1S/C9H9O3/c1-7-3-2-4-8(5-7)12-6-9(10)11/h2-5H,1,6H2,(H,10,11). The molecule has 0 bridgehead atoms. The lowest BCUT2D eigenvalue weighted by molar-refractivity contribution is -0.139. The second kappa shape index (κ2) is 3.76. The predicted molar refractivity (Wildman–Crippen MR) is 44.0 cm³/mol. The third-order valence-electron chi connectivity index (χ3n) is 1.26. The van der Waals surface area contributed by atoms with Gasteiger partial charge in [0.1, 0.15) is 5.75 Å². The second-order valence-electron chi connectivity index (χ2n) is 2.33. The molecule has 12 heavy (non-hydrogen) atoms. The SMILES string of the molecule is [CH2]c1cccc(OCC(=O)O)c1. The van der Waals surface area contributed by atoms with E-state index in [-0.39, 0.29) is 6.61 Å². The third kappa shape index (κ3) is 2.62. The van der Waals surface area contributed by atoms with Crippen molar-refractivity contribution in [1.82, 2.24) is 0 Å². The molecular formula is C9H9O3. The Morgan fingerprint density at radius 1 is 1.58 bits per heavy atom. The largest absolute Gasteiger partial charge is 0.482 e. The van der Waals surface area contributed by atoms with E-state index in [2.05, 4.69) is 6.92 Å². The van der Waals surface area contributed by atoms with E-state index in [4.69, 9.17) is 9.84 Å². The third-order valence-corrected chi connectivity index (χ3v) is 1.26. The summed E-state index contributed by atoms with van der Waals surface area (Å²) in [6.07, 6.45) is 0. The van der Waals surface area contributed by atoms with Crippen molar-refractivity contribution in [3.05, 3.63) is 36.8 Å². The Morgan fingerprint density at radius 2 is 2.33 bits per heavy atom. The molecule has 3 heteroatoms. The Morgan fingerprint density at radius 3 is 2.92 bits per heavy atom. The normalized spacial score (nSPS) is 9.42. The van der Waals surface area contributed by atoms with Crippen LogP contribution >= 0.6 is 0 Å². The minimum atomic E-state index is -0.982. The number of carbonyl (C=O) groups is 1. The van der Waals surface area contributed by atoms with Crippen molar-refractivity contribution in [3.63, 3.8) is 0 Å². The fraction of sp³-hybridized carbons (Fsp3) is 0.111. The first-order valence-electron chi connectivity index (χ1n) is 3.45. The second-order valence-corrected chi connectivity index (χ2v) is 2.33. The summed E-state index contributed by atoms with van der Waals surface area (Å²) in [5.74, 6) is -0.450. The number of carboxylic acid groups (broad SMARTS) is 1. The Bertz CT molecular complexity index is 281. The van der Waals surface area contributed by atoms with Crippen molar-refractivity contribution in [2.45, 2.75) is 0 Å². The van der Waals surface area contributed by atoms with Gasteiger partial charge in [0.05, 0.1) is 0 Å². The number of ether oxygens (including phenoxy) is 1. The first-order chi connectivity index (χ1) is 5.68. The Balaban J connectivity index is 2.57. The molecule has 0 fully saturated rings. The van der Waals surface area contributed by atoms with E-state index in [9.17, 15) is 4.79 Å². The van der Waals surface area contributed by atoms with Crippen molar-refractivity contribution in [2.24, 2.45) is 0 Å². The number of hydrogen-bond acceptors (Lipinski definition) is 2. The smallest absolute Gasteiger partial charge is 0.341 e. The minimum Gasteiger partial charge on any atom is -0.482 e. The van der Waals surface area contributed by atoms with Crippen LogP contribution in [0.25, 0.3) is 0 Å². The topological polar surface area (TPSA) is 46.5 Å². The first kappa shape index (κ1) is 8.59. The molecule has 0 aromatic heterocycles. The van der Waals surface area contributed by atoms with Gasteiger partial charge in [-0.15, -0.1) is 0 Å². The quantitative estimate of drug-likeness (QED) is 0.735. The van der Waals surface area contributed by atoms with Crippen LogP contribution in [-0.2, 0) is 4.79 Å². The molecule has 0 aliphatic carbocycles. The van der Waals surface area contributed by atoms with E-state index in [1.165, 1.54) is 0 Å². The molecule has 0 aliphatic rings. The molecule has 0 spiro atoms. The van der Waals surface area contributed by atoms with Crippen LogP contribution in [0, 0.1) is 6.92 Å². The summed E-state index contributed by atoms with van der Waals surface area (Å²) in [7, 11) is 0. The van der Waals surface area contributed by atoms with Gasteiger partial charge in [0.25, 0.3) is 0 Å². The molecule has 0 unspecified atom stereocenters. The minimum absolute atomic E-state index is 0.316. The van der Waals surface area contributed by atoms with Gasteiger partial charge in [-0.2, -0.15) is 0 Å². The summed E-state index contributed by atoms with van der Waals surface area (Å²) in [4.78, 5) is 10.1. The molecule has 1 aromatic rings. The van der Waals surface area contributed by atoms with Gasteiger partial charge >= 0.3 is 5.97 Å². The molecule has 0 aliphatic heterocycles. The molecule has 0 amide bonds. The first-order valence-corrected chi connectivity index (χ1v) is 3.45. The summed E-state index contributed by atoms with van der Waals surface area (Å²) < 4.78 is 4.91. The maximum absolute atomic E-state index is 10.1. The van der Waals surface area contributed by atoms with Gasteiger partial charge in [-0.25, -0.2) is 4.79 Å². The van der Waals surface area contributed by atoms with E-state index in [1.54, 1.807) is 18.2 Å². The van der Waals surface area contributed by atoms with Gasteiger partial charge in [0.15, 0.2) is 6.61 Å². The van der Waals surface area contributed by atoms with Gasteiger partial charge < -0.3 is 9.84 Å². The van der Waals surface area contributed by atoms with E-state index in [0.717, 1.165) is 5.56 Å². The summed E-state index contributed by atoms with van der Waals surface area (Å²) in [5, 5.41) is 8.30. The van der Waals surface area contributed by atoms with Crippen molar-refractivity contribution in [1.29, 1.82) is 0 Å². The van der Waals surface area contributed by atoms with Crippen LogP contribution in [0.1, 0.15) is 5.56 Å². The van der Waals surface area contributed by atoms with Crippen LogP contribution in [-0.4, -0.2) is 17.7 Å². The molecule has 1 N–H and O–H groups in total. The van der Waals surface area contributed by atoms with E-state index in [1.807, 2.05) is 6.07 Å². The van der Waals surface area contributed by atoms with E-state index < -0.39 is 5.97 Å². The van der Waals surface area contributed by atoms with Crippen molar-refractivity contribution < 1.29 is 14.6 Å². The summed E-state index contributed by atoms with van der Waals surface area (Å²) in [6.45, 7) is 3.36. The van der Waals surface area contributed by atoms with E-state index >= 15 is 0 Å². The van der Waals surface area contributed by atoms with Crippen LogP contribution in [0.3, 0.4) is 0 Å². The van der Waals surface area contributed by atoms with Gasteiger partial charge in [0, 0.05) is 0 Å². The maximum atomic E-state index is 10.1. The highest BCUT2D eigenvalue weighted by atomic mass is 16.5. The van der Waals surface area contributed by atoms with Crippen molar-refractivity contribution in [3.8, 4) is 5.75 Å². The number of carboxylic acids is 1. The zero-order valence-electron chi connectivity index (χ0n) is 6.49. The van der Waals surface area contributed by atoms with Crippen molar-refractivity contribution >= 4 is 5.97 Å². The average Bonchev–Trinajstić information content (AvgIpc) is 2.01. The fourth-order valence-corrected chi connectivity index (χ4v) is 0.780. The molecule has 0 heterocycles. The molecule has 3 nitrogen and oxygen atoms in total. The molecule has 0 saturated heterocycles. The molecule has 63 valence electrons. The van der Waals surface area contributed by atoms with Crippen LogP contribution in [0.2, 0.25) is 0 Å². The Kier molecular flexibility index (Phi) is 2.69. The summed E-state index contributed by atoms with van der Waals surface area (Å²) in [5.41, 5.74) is 0.804. The van der Waals surface area contributed by atoms with Gasteiger partial charge in [-0.1, -0.05) is 12.1 Å². The number of benzene rings is 1. The molecule has 1 aromatic carbocycles. The predicted octanol–water partition coefficient (Wildman–Crippen LogP) is 1.33. The lowest BCUT2D eigenvalue weighted by Crippen LogP contribution is -2.09. The number of rotatable bonds is 3. The highest BCUT2D eigenvalue weighted by Gasteiger charge is 1.97. The average molecular weight is 165 g/mol.